The smallest absolute Gasteiger partial charge is 0.177 e. The molecule has 0 saturated carbocycles. The summed E-state index contributed by atoms with van der Waals surface area (Å²) >= 11 is 5.67. The molecule has 88 valence electrons. The largest absolute Gasteiger partial charge is 0.293 e. The summed E-state index contributed by atoms with van der Waals surface area (Å²) in [6.45, 7) is 1.77. The van der Waals surface area contributed by atoms with Gasteiger partial charge in [0, 0.05) is 10.6 Å². The van der Waals surface area contributed by atoms with Crippen LogP contribution in [0.3, 0.4) is 0 Å². The van der Waals surface area contributed by atoms with Crippen molar-refractivity contribution in [3.63, 3.8) is 0 Å². The lowest BCUT2D eigenvalue weighted by atomic mass is 10.1. The maximum absolute atomic E-state index is 11.6. The quantitative estimate of drug-likeness (QED) is 0.764. The molecule has 0 N–H and O–H groups in total. The number of benzene rings is 1. The minimum atomic E-state index is -3.27. The van der Waals surface area contributed by atoms with E-state index in [1.54, 1.807) is 19.1 Å². The lowest BCUT2D eigenvalue weighted by Crippen LogP contribution is -2.18. The van der Waals surface area contributed by atoms with Crippen LogP contribution in [0.2, 0.25) is 5.02 Å². The molecule has 0 bridgehead atoms. The molecule has 1 aromatic rings. The van der Waals surface area contributed by atoms with E-state index in [0.717, 1.165) is 0 Å². The van der Waals surface area contributed by atoms with Gasteiger partial charge in [0.05, 0.1) is 5.75 Å². The molecule has 16 heavy (non-hydrogen) atoms. The van der Waals surface area contributed by atoms with E-state index in [4.69, 9.17) is 11.6 Å². The summed E-state index contributed by atoms with van der Waals surface area (Å²) in [5.74, 6) is -0.764. The molecule has 0 amide bonds. The summed E-state index contributed by atoms with van der Waals surface area (Å²) in [5.41, 5.74) is 0.379. The van der Waals surface area contributed by atoms with Gasteiger partial charge in [-0.2, -0.15) is 0 Å². The molecular weight excluding hydrogens is 248 g/mol. The average molecular weight is 261 g/mol. The number of Topliss-reactive ketones (excluding diaryl/α,β-unsaturated/α-hetero) is 1. The Morgan fingerprint density at radius 1 is 1.25 bits per heavy atom. The summed E-state index contributed by atoms with van der Waals surface area (Å²) in [6.07, 6.45) is 0.524. The second-order valence-electron chi connectivity index (χ2n) is 3.52. The first-order valence-corrected chi connectivity index (χ1v) is 7.14. The van der Waals surface area contributed by atoms with Crippen molar-refractivity contribution >= 4 is 27.2 Å². The van der Waals surface area contributed by atoms with Gasteiger partial charge < -0.3 is 0 Å². The van der Waals surface area contributed by atoms with E-state index in [-0.39, 0.29) is 11.5 Å². The van der Waals surface area contributed by atoms with Crippen LogP contribution in [0, 0.1) is 0 Å². The van der Waals surface area contributed by atoms with E-state index in [1.807, 2.05) is 0 Å². The summed E-state index contributed by atoms with van der Waals surface area (Å²) < 4.78 is 22.9. The van der Waals surface area contributed by atoms with E-state index in [0.29, 0.717) is 17.0 Å². The first-order valence-electron chi connectivity index (χ1n) is 4.94. The molecule has 0 unspecified atom stereocenters. The molecular formula is C11H13ClO3S. The Morgan fingerprint density at radius 3 is 2.31 bits per heavy atom. The molecule has 5 heteroatoms. The van der Waals surface area contributed by atoms with Gasteiger partial charge in [0.2, 0.25) is 0 Å². The van der Waals surface area contributed by atoms with Gasteiger partial charge >= 0.3 is 0 Å². The minimum Gasteiger partial charge on any atom is -0.293 e. The summed E-state index contributed by atoms with van der Waals surface area (Å²) in [5, 5.41) is 0.521. The molecule has 0 aliphatic rings. The zero-order valence-corrected chi connectivity index (χ0v) is 10.5. The highest BCUT2D eigenvalue weighted by molar-refractivity contribution is 7.92. The molecule has 1 rings (SSSR count). The third kappa shape index (κ3) is 3.94. The Balaban J connectivity index is 2.77. The van der Waals surface area contributed by atoms with Crippen molar-refractivity contribution in [1.29, 1.82) is 0 Å². The second-order valence-corrected chi connectivity index (χ2v) is 6.14. The highest BCUT2D eigenvalue weighted by atomic mass is 35.5. The minimum absolute atomic E-state index is 0.0479. The number of sulfone groups is 1. The Bertz CT molecular complexity index is 463. The number of halogens is 1. The zero-order valence-electron chi connectivity index (χ0n) is 8.94. The molecule has 1 aromatic carbocycles. The fourth-order valence-electron chi connectivity index (χ4n) is 1.30. The summed E-state index contributed by atoms with van der Waals surface area (Å²) in [4.78, 5) is 11.6. The lowest BCUT2D eigenvalue weighted by molar-refractivity contribution is 0.102. The molecule has 0 radical (unpaired) electrons. The lowest BCUT2D eigenvalue weighted by Gasteiger charge is -2.02. The predicted molar refractivity (Wildman–Crippen MR) is 64.7 cm³/mol. The summed E-state index contributed by atoms with van der Waals surface area (Å²) in [7, 11) is -3.27. The maximum atomic E-state index is 11.6. The number of carbonyl (C=O) groups is 1. The Labute approximate surface area is 100 Å². The molecule has 0 atom stereocenters. The zero-order chi connectivity index (χ0) is 12.2. The molecule has 0 fully saturated rings. The van der Waals surface area contributed by atoms with Gasteiger partial charge in [0.15, 0.2) is 15.6 Å². The maximum Gasteiger partial charge on any atom is 0.177 e. The van der Waals surface area contributed by atoms with E-state index >= 15 is 0 Å². The normalized spacial score (nSPS) is 11.4. The monoisotopic (exact) mass is 260 g/mol. The molecule has 0 heterocycles. The SMILES string of the molecule is CCCS(=O)(=O)CC(=O)c1ccc(Cl)cc1. The van der Waals surface area contributed by atoms with E-state index in [1.165, 1.54) is 12.1 Å². The first-order chi connectivity index (χ1) is 7.44. The molecule has 0 saturated heterocycles. The van der Waals surface area contributed by atoms with Crippen molar-refractivity contribution in [3.8, 4) is 0 Å². The number of carbonyl (C=O) groups excluding carboxylic acids is 1. The highest BCUT2D eigenvalue weighted by Gasteiger charge is 2.16. The van der Waals surface area contributed by atoms with Gasteiger partial charge in [-0.3, -0.25) is 4.79 Å². The fraction of sp³-hybridized carbons (Fsp3) is 0.364. The van der Waals surface area contributed by atoms with Crippen LogP contribution in [0.15, 0.2) is 24.3 Å². The van der Waals surface area contributed by atoms with Crippen molar-refractivity contribution in [2.75, 3.05) is 11.5 Å². The van der Waals surface area contributed by atoms with Crippen LogP contribution in [0.25, 0.3) is 0 Å². The number of rotatable bonds is 5. The average Bonchev–Trinajstić information content (AvgIpc) is 2.17. The number of hydrogen-bond donors (Lipinski definition) is 0. The van der Waals surface area contributed by atoms with Crippen LogP contribution in [-0.4, -0.2) is 25.7 Å². The van der Waals surface area contributed by atoms with Crippen LogP contribution in [0.4, 0.5) is 0 Å². The molecule has 0 spiro atoms. The van der Waals surface area contributed by atoms with Crippen LogP contribution in [0.1, 0.15) is 23.7 Å². The third-order valence-corrected chi connectivity index (χ3v) is 4.02. The first kappa shape index (κ1) is 13.2. The van der Waals surface area contributed by atoms with Crippen LogP contribution < -0.4 is 0 Å². The van der Waals surface area contributed by atoms with Crippen molar-refractivity contribution in [3.05, 3.63) is 34.9 Å². The van der Waals surface area contributed by atoms with Crippen molar-refractivity contribution in [2.24, 2.45) is 0 Å². The van der Waals surface area contributed by atoms with Crippen LogP contribution in [-0.2, 0) is 9.84 Å². The van der Waals surface area contributed by atoms with Crippen molar-refractivity contribution in [2.45, 2.75) is 13.3 Å². The predicted octanol–water partition coefficient (Wildman–Crippen LogP) is 2.35. The van der Waals surface area contributed by atoms with Gasteiger partial charge in [-0.1, -0.05) is 18.5 Å². The van der Waals surface area contributed by atoms with Gasteiger partial charge in [0.25, 0.3) is 0 Å². The third-order valence-electron chi connectivity index (χ3n) is 2.03. The highest BCUT2D eigenvalue weighted by Crippen LogP contribution is 2.11. The number of ketones is 1. The van der Waals surface area contributed by atoms with Gasteiger partial charge in [-0.25, -0.2) is 8.42 Å². The fourth-order valence-corrected chi connectivity index (χ4v) is 2.76. The van der Waals surface area contributed by atoms with E-state index in [9.17, 15) is 13.2 Å². The second kappa shape index (κ2) is 5.46. The molecule has 3 nitrogen and oxygen atoms in total. The molecule has 0 aliphatic heterocycles. The molecule has 0 aromatic heterocycles. The van der Waals surface area contributed by atoms with E-state index < -0.39 is 15.6 Å². The Hall–Kier alpha value is -0.870. The van der Waals surface area contributed by atoms with Crippen LogP contribution in [0.5, 0.6) is 0 Å². The topological polar surface area (TPSA) is 51.2 Å². The van der Waals surface area contributed by atoms with Crippen molar-refractivity contribution in [1.82, 2.24) is 0 Å². The molecule has 0 aliphatic carbocycles. The van der Waals surface area contributed by atoms with Crippen LogP contribution >= 0.6 is 11.6 Å². The Morgan fingerprint density at radius 2 is 1.81 bits per heavy atom. The van der Waals surface area contributed by atoms with Gasteiger partial charge in [-0.05, 0) is 30.7 Å². The summed E-state index contributed by atoms with van der Waals surface area (Å²) in [6, 6.07) is 6.21. The number of hydrogen-bond acceptors (Lipinski definition) is 3. The van der Waals surface area contributed by atoms with E-state index in [2.05, 4.69) is 0 Å². The Kier molecular flexibility index (Phi) is 4.50. The standard InChI is InChI=1S/C11H13ClO3S/c1-2-7-16(14,15)8-11(13)9-3-5-10(12)6-4-9/h3-6H,2,7-8H2,1H3. The van der Waals surface area contributed by atoms with Gasteiger partial charge in [-0.15, -0.1) is 0 Å². The van der Waals surface area contributed by atoms with Gasteiger partial charge in [0.1, 0.15) is 5.75 Å². The van der Waals surface area contributed by atoms with Crippen molar-refractivity contribution < 1.29 is 13.2 Å².